The Kier molecular flexibility index (Phi) is 44.0. The van der Waals surface area contributed by atoms with Crippen molar-refractivity contribution < 1.29 is 24.2 Å². The third-order valence-corrected chi connectivity index (χ3v) is 9.67. The van der Waals surface area contributed by atoms with Crippen LogP contribution in [0.5, 0.6) is 0 Å². The second-order valence-corrected chi connectivity index (χ2v) is 15.1. The van der Waals surface area contributed by atoms with Crippen molar-refractivity contribution in [3.63, 3.8) is 0 Å². The molecule has 0 aliphatic carbocycles. The molecule has 0 radical (unpaired) electrons. The summed E-state index contributed by atoms with van der Waals surface area (Å²) < 4.78 is 10.6. The minimum atomic E-state index is -0.798. The van der Waals surface area contributed by atoms with E-state index in [2.05, 4.69) is 98.9 Å². The third-order valence-electron chi connectivity index (χ3n) is 9.67. The van der Waals surface area contributed by atoms with Crippen LogP contribution in [-0.4, -0.2) is 36.4 Å². The van der Waals surface area contributed by atoms with E-state index in [9.17, 15) is 14.7 Å². The van der Waals surface area contributed by atoms with Gasteiger partial charge in [-0.1, -0.05) is 189 Å². The second kappa shape index (κ2) is 46.5. The molecule has 5 heteroatoms. The topological polar surface area (TPSA) is 72.8 Å². The Labute approximate surface area is 346 Å². The minimum Gasteiger partial charge on any atom is -0.462 e. The maximum Gasteiger partial charge on any atom is 0.306 e. The van der Waals surface area contributed by atoms with Crippen molar-refractivity contribution in [3.8, 4) is 0 Å². The summed E-state index contributed by atoms with van der Waals surface area (Å²) in [5.41, 5.74) is 0. The minimum absolute atomic E-state index is 0.0876. The summed E-state index contributed by atoms with van der Waals surface area (Å²) in [6.45, 7) is 3.97. The average Bonchev–Trinajstić information content (AvgIpc) is 3.20. The maximum atomic E-state index is 12.2. The van der Waals surface area contributed by atoms with Crippen LogP contribution >= 0.6 is 0 Å². The van der Waals surface area contributed by atoms with Gasteiger partial charge in [-0.3, -0.25) is 9.59 Å². The van der Waals surface area contributed by atoms with E-state index in [-0.39, 0.29) is 25.2 Å². The van der Waals surface area contributed by atoms with Gasteiger partial charge < -0.3 is 14.6 Å². The number of carbonyl (C=O) groups excluding carboxylic acids is 2. The Bertz CT molecular complexity index is 1060. The van der Waals surface area contributed by atoms with Crippen molar-refractivity contribution in [1.29, 1.82) is 0 Å². The maximum absolute atomic E-state index is 12.2. The number of ether oxygens (including phenoxy) is 2. The SMILES string of the molecule is CC/C=C\C/C=C\C/C=C\C/C=C\CCCCC(=O)OC(CO)COC(=O)CCCCCCCCCCCCCC/C=C\C/C=C\C/C=C\CCCCCCC. The highest BCUT2D eigenvalue weighted by atomic mass is 16.6. The van der Waals surface area contributed by atoms with E-state index < -0.39 is 6.10 Å². The molecule has 0 saturated heterocycles. The number of aliphatic hydroxyl groups excluding tert-OH is 1. The quantitative estimate of drug-likeness (QED) is 0.0380. The summed E-state index contributed by atoms with van der Waals surface area (Å²) in [4.78, 5) is 24.3. The number of esters is 2. The van der Waals surface area contributed by atoms with E-state index in [4.69, 9.17) is 9.47 Å². The number of hydrogen-bond donors (Lipinski definition) is 1. The highest BCUT2D eigenvalue weighted by Gasteiger charge is 2.16. The van der Waals surface area contributed by atoms with Crippen LogP contribution in [0.4, 0.5) is 0 Å². The molecule has 5 nitrogen and oxygen atoms in total. The van der Waals surface area contributed by atoms with Gasteiger partial charge in [-0.05, 0) is 89.9 Å². The van der Waals surface area contributed by atoms with E-state index in [0.29, 0.717) is 12.8 Å². The molecule has 0 rings (SSSR count). The fraction of sp³-hybridized carbons (Fsp3) is 0.686. The van der Waals surface area contributed by atoms with Gasteiger partial charge >= 0.3 is 11.9 Å². The summed E-state index contributed by atoms with van der Waals surface area (Å²) >= 11 is 0. The second-order valence-electron chi connectivity index (χ2n) is 15.1. The van der Waals surface area contributed by atoms with Gasteiger partial charge in [-0.2, -0.15) is 0 Å². The third kappa shape index (κ3) is 43.8. The number of aliphatic hydroxyl groups is 1. The number of carbonyl (C=O) groups is 2. The fourth-order valence-electron chi connectivity index (χ4n) is 6.20. The normalized spacial score (nSPS) is 13.0. The number of allylic oxidation sites excluding steroid dienone is 14. The Hall–Kier alpha value is -2.92. The molecule has 1 atom stereocenters. The molecule has 320 valence electrons. The number of unbranched alkanes of at least 4 members (excludes halogenated alkanes) is 19. The Balaban J connectivity index is 3.56. The molecule has 0 spiro atoms. The Morgan fingerprint density at radius 2 is 0.768 bits per heavy atom. The summed E-state index contributed by atoms with van der Waals surface area (Å²) in [6, 6.07) is 0. The van der Waals surface area contributed by atoms with E-state index >= 15 is 0 Å². The highest BCUT2D eigenvalue weighted by molar-refractivity contribution is 5.70. The molecule has 0 heterocycles. The molecule has 0 aliphatic heterocycles. The van der Waals surface area contributed by atoms with E-state index in [1.807, 2.05) is 0 Å². The first-order valence-corrected chi connectivity index (χ1v) is 23.1. The van der Waals surface area contributed by atoms with Crippen LogP contribution in [0, 0.1) is 0 Å². The first-order valence-electron chi connectivity index (χ1n) is 23.1. The van der Waals surface area contributed by atoms with Gasteiger partial charge in [0.25, 0.3) is 0 Å². The molecular formula is C51H86O5. The van der Waals surface area contributed by atoms with Crippen LogP contribution in [0.3, 0.4) is 0 Å². The Morgan fingerprint density at radius 3 is 1.20 bits per heavy atom. The predicted molar refractivity (Wildman–Crippen MR) is 242 cm³/mol. The lowest BCUT2D eigenvalue weighted by molar-refractivity contribution is -0.161. The largest absolute Gasteiger partial charge is 0.462 e. The monoisotopic (exact) mass is 779 g/mol. The molecule has 0 aromatic heterocycles. The molecule has 0 aromatic rings. The summed E-state index contributed by atoms with van der Waals surface area (Å²) in [5.74, 6) is -0.645. The van der Waals surface area contributed by atoms with Gasteiger partial charge in [0.2, 0.25) is 0 Å². The van der Waals surface area contributed by atoms with Gasteiger partial charge in [-0.15, -0.1) is 0 Å². The number of rotatable bonds is 41. The average molecular weight is 779 g/mol. The van der Waals surface area contributed by atoms with Crippen LogP contribution in [0.25, 0.3) is 0 Å². The molecule has 0 aromatic carbocycles. The summed E-state index contributed by atoms with van der Waals surface area (Å²) in [6.07, 6.45) is 63.8. The lowest BCUT2D eigenvalue weighted by Gasteiger charge is -2.15. The predicted octanol–water partition coefficient (Wildman–Crippen LogP) is 15.1. The van der Waals surface area contributed by atoms with Gasteiger partial charge in [0.05, 0.1) is 6.61 Å². The van der Waals surface area contributed by atoms with Crippen LogP contribution < -0.4 is 0 Å². The van der Waals surface area contributed by atoms with Crippen molar-refractivity contribution in [2.45, 2.75) is 213 Å². The Morgan fingerprint density at radius 1 is 0.429 bits per heavy atom. The first-order chi connectivity index (χ1) is 27.6. The van der Waals surface area contributed by atoms with Crippen molar-refractivity contribution in [3.05, 3.63) is 85.1 Å². The van der Waals surface area contributed by atoms with Gasteiger partial charge in [0.15, 0.2) is 6.10 Å². The molecule has 0 saturated carbocycles. The van der Waals surface area contributed by atoms with Crippen LogP contribution in [0.15, 0.2) is 85.1 Å². The summed E-state index contributed by atoms with van der Waals surface area (Å²) in [5, 5.41) is 9.58. The van der Waals surface area contributed by atoms with E-state index in [1.165, 1.54) is 103 Å². The van der Waals surface area contributed by atoms with E-state index in [0.717, 1.165) is 77.0 Å². The van der Waals surface area contributed by atoms with Gasteiger partial charge in [-0.25, -0.2) is 0 Å². The van der Waals surface area contributed by atoms with Crippen LogP contribution in [0.1, 0.15) is 206 Å². The van der Waals surface area contributed by atoms with Gasteiger partial charge in [0.1, 0.15) is 6.61 Å². The molecular weight excluding hydrogens is 693 g/mol. The molecule has 0 aliphatic rings. The first kappa shape index (κ1) is 53.1. The molecule has 0 amide bonds. The smallest absolute Gasteiger partial charge is 0.306 e. The highest BCUT2D eigenvalue weighted by Crippen LogP contribution is 2.14. The van der Waals surface area contributed by atoms with Crippen molar-refractivity contribution in [1.82, 2.24) is 0 Å². The lowest BCUT2D eigenvalue weighted by atomic mass is 10.0. The zero-order valence-corrected chi connectivity index (χ0v) is 36.4. The molecule has 1 unspecified atom stereocenters. The van der Waals surface area contributed by atoms with Crippen LogP contribution in [0.2, 0.25) is 0 Å². The summed E-state index contributed by atoms with van der Waals surface area (Å²) in [7, 11) is 0. The van der Waals surface area contributed by atoms with Crippen LogP contribution in [-0.2, 0) is 19.1 Å². The van der Waals surface area contributed by atoms with Crippen molar-refractivity contribution >= 4 is 11.9 Å². The standard InChI is InChI=1S/C51H86O5/c1-3-5-7-9-11-13-15-17-19-20-21-22-23-24-25-26-27-28-29-30-32-33-35-37-39-41-43-45-50(53)55-48-49(47-52)56-51(54)46-44-42-40-38-36-34-31-18-16-14-12-10-8-6-4-2/h6,8,12,14-15,17-18,20-21,23-24,31,36,38,49,52H,3-5,7,9-11,13,16,19,22,25-30,32-35,37,39-48H2,1-2H3/b8-6-,14-12-,17-15-,21-20-,24-23-,31-18-,38-36-. The molecule has 56 heavy (non-hydrogen) atoms. The molecule has 0 bridgehead atoms. The lowest BCUT2D eigenvalue weighted by Crippen LogP contribution is -2.28. The zero-order valence-electron chi connectivity index (χ0n) is 36.4. The molecule has 0 fully saturated rings. The van der Waals surface area contributed by atoms with Crippen molar-refractivity contribution in [2.75, 3.05) is 13.2 Å². The van der Waals surface area contributed by atoms with Crippen molar-refractivity contribution in [2.24, 2.45) is 0 Å². The fourth-order valence-corrected chi connectivity index (χ4v) is 6.20. The number of hydrogen-bond acceptors (Lipinski definition) is 5. The van der Waals surface area contributed by atoms with E-state index in [1.54, 1.807) is 0 Å². The van der Waals surface area contributed by atoms with Gasteiger partial charge in [0, 0.05) is 12.8 Å². The molecule has 1 N–H and O–H groups in total. The zero-order chi connectivity index (χ0) is 40.7.